The Balaban J connectivity index is 2.16. The van der Waals surface area contributed by atoms with Crippen molar-refractivity contribution < 1.29 is 27.8 Å². The van der Waals surface area contributed by atoms with E-state index in [0.29, 0.717) is 16.1 Å². The Bertz CT molecular complexity index is 1150. The summed E-state index contributed by atoms with van der Waals surface area (Å²) >= 11 is 5.97. The van der Waals surface area contributed by atoms with Gasteiger partial charge in [-0.2, -0.15) is 13.2 Å². The molecule has 0 saturated heterocycles. The number of aliphatic hydroxyl groups excluding tert-OH is 1. The fraction of sp³-hybridized carbons (Fsp3) is 0.346. The van der Waals surface area contributed by atoms with Crippen molar-refractivity contribution in [2.45, 2.75) is 39.5 Å². The van der Waals surface area contributed by atoms with E-state index in [0.717, 1.165) is 10.6 Å². The van der Waals surface area contributed by atoms with Crippen LogP contribution in [-0.4, -0.2) is 40.4 Å². The van der Waals surface area contributed by atoms with Crippen molar-refractivity contribution in [3.8, 4) is 17.0 Å². The van der Waals surface area contributed by atoms with E-state index in [-0.39, 0.29) is 24.6 Å². The summed E-state index contributed by atoms with van der Waals surface area (Å²) in [6.45, 7) is 5.03. The second-order valence-electron chi connectivity index (χ2n) is 9.37. The first kappa shape index (κ1) is 26.6. The van der Waals surface area contributed by atoms with E-state index in [4.69, 9.17) is 16.3 Å². The van der Waals surface area contributed by atoms with Crippen LogP contribution in [0.5, 0.6) is 5.88 Å². The van der Waals surface area contributed by atoms with Crippen LogP contribution in [0.1, 0.15) is 32.0 Å². The average molecular weight is 509 g/mol. The standard InChI is InChI=1S/C26H28ClF3N2O3/c1-25(2,3)22(16-33)31(4)24(34)35-23-20(18-10-12-19(27)13-11-18)14-21(26(28,29)30)32(23)15-17-8-6-5-7-9-17/h5-14,22,33H,15-16H2,1-4H3. The molecule has 0 aliphatic rings. The Kier molecular flexibility index (Phi) is 7.87. The number of alkyl halides is 3. The van der Waals surface area contributed by atoms with Crippen molar-refractivity contribution in [1.82, 2.24) is 9.47 Å². The number of ether oxygens (including phenoxy) is 1. The molecule has 0 saturated carbocycles. The van der Waals surface area contributed by atoms with Gasteiger partial charge in [-0.25, -0.2) is 4.79 Å². The number of amides is 1. The van der Waals surface area contributed by atoms with Crippen molar-refractivity contribution in [2.75, 3.05) is 13.7 Å². The van der Waals surface area contributed by atoms with Gasteiger partial charge in [-0.1, -0.05) is 74.8 Å². The highest BCUT2D eigenvalue weighted by molar-refractivity contribution is 6.30. The lowest BCUT2D eigenvalue weighted by Crippen LogP contribution is -2.48. The number of carbonyl (C=O) groups excluding carboxylic acids is 1. The Labute approximate surface area is 207 Å². The topological polar surface area (TPSA) is 54.7 Å². The third-order valence-electron chi connectivity index (χ3n) is 5.79. The van der Waals surface area contributed by atoms with Crippen LogP contribution in [0.2, 0.25) is 5.02 Å². The lowest BCUT2D eigenvalue weighted by Gasteiger charge is -2.36. The predicted molar refractivity (Wildman–Crippen MR) is 130 cm³/mol. The summed E-state index contributed by atoms with van der Waals surface area (Å²) in [7, 11) is 1.45. The van der Waals surface area contributed by atoms with E-state index in [1.807, 2.05) is 20.8 Å². The number of rotatable bonds is 6. The van der Waals surface area contributed by atoms with Crippen molar-refractivity contribution in [1.29, 1.82) is 0 Å². The number of halogens is 4. The van der Waals surface area contributed by atoms with Crippen molar-refractivity contribution in [3.05, 3.63) is 76.9 Å². The van der Waals surface area contributed by atoms with E-state index < -0.39 is 29.4 Å². The molecule has 188 valence electrons. The zero-order valence-electron chi connectivity index (χ0n) is 19.9. The summed E-state index contributed by atoms with van der Waals surface area (Å²) in [5.41, 5.74) is -0.337. The number of aliphatic hydroxyl groups is 1. The first-order chi connectivity index (χ1) is 16.3. The van der Waals surface area contributed by atoms with Gasteiger partial charge in [0.15, 0.2) is 0 Å². The molecular formula is C26H28ClF3N2O3. The van der Waals surface area contributed by atoms with Crippen molar-refractivity contribution in [2.24, 2.45) is 5.41 Å². The summed E-state index contributed by atoms with van der Waals surface area (Å²) in [5, 5.41) is 10.3. The molecule has 9 heteroatoms. The Morgan fingerprint density at radius 1 is 1.09 bits per heavy atom. The molecule has 1 heterocycles. The van der Waals surface area contributed by atoms with Gasteiger partial charge in [0, 0.05) is 17.6 Å². The van der Waals surface area contributed by atoms with E-state index in [2.05, 4.69) is 0 Å². The first-order valence-corrected chi connectivity index (χ1v) is 11.4. The number of aromatic nitrogens is 1. The maximum absolute atomic E-state index is 14.1. The zero-order valence-corrected chi connectivity index (χ0v) is 20.7. The Morgan fingerprint density at radius 2 is 1.69 bits per heavy atom. The SMILES string of the molecule is CN(C(=O)Oc1c(-c2ccc(Cl)cc2)cc(C(F)(F)F)n1Cc1ccccc1)C(CO)C(C)(C)C. The smallest absolute Gasteiger partial charge is 0.394 e. The molecule has 1 aromatic heterocycles. The van der Waals surface area contributed by atoms with Crippen LogP contribution >= 0.6 is 11.6 Å². The summed E-state index contributed by atoms with van der Waals surface area (Å²) in [6.07, 6.45) is -5.58. The van der Waals surface area contributed by atoms with Crippen LogP contribution < -0.4 is 4.74 Å². The van der Waals surface area contributed by atoms with Gasteiger partial charge < -0.3 is 19.3 Å². The highest BCUT2D eigenvalue weighted by Crippen LogP contribution is 2.42. The van der Waals surface area contributed by atoms with E-state index in [9.17, 15) is 23.1 Å². The molecule has 0 aliphatic heterocycles. The van der Waals surface area contributed by atoms with Crippen LogP contribution in [-0.2, 0) is 12.7 Å². The molecule has 3 aromatic rings. The number of carbonyl (C=O) groups is 1. The molecule has 0 aliphatic carbocycles. The van der Waals surface area contributed by atoms with Gasteiger partial charge in [-0.15, -0.1) is 0 Å². The fourth-order valence-corrected chi connectivity index (χ4v) is 4.02. The highest BCUT2D eigenvalue weighted by atomic mass is 35.5. The highest BCUT2D eigenvalue weighted by Gasteiger charge is 2.39. The quantitative estimate of drug-likeness (QED) is 0.402. The summed E-state index contributed by atoms with van der Waals surface area (Å²) in [6, 6.07) is 15.2. The maximum Gasteiger partial charge on any atom is 0.431 e. The van der Waals surface area contributed by atoms with Gasteiger partial charge >= 0.3 is 12.3 Å². The minimum Gasteiger partial charge on any atom is -0.394 e. The molecule has 1 N–H and O–H groups in total. The van der Waals surface area contributed by atoms with Gasteiger partial charge in [0.25, 0.3) is 0 Å². The minimum atomic E-state index is -4.70. The fourth-order valence-electron chi connectivity index (χ4n) is 3.89. The van der Waals surface area contributed by atoms with Gasteiger partial charge in [-0.3, -0.25) is 0 Å². The molecule has 0 spiro atoms. The predicted octanol–water partition coefficient (Wildman–Crippen LogP) is 6.71. The normalized spacial score (nSPS) is 12.9. The Hall–Kier alpha value is -2.97. The number of benzene rings is 2. The Morgan fingerprint density at radius 3 is 2.20 bits per heavy atom. The second-order valence-corrected chi connectivity index (χ2v) is 9.80. The molecule has 1 atom stereocenters. The molecule has 5 nitrogen and oxygen atoms in total. The number of likely N-dealkylation sites (N-methyl/N-ethyl adjacent to an activating group) is 1. The molecule has 0 bridgehead atoms. The summed E-state index contributed by atoms with van der Waals surface area (Å²) < 4.78 is 49.0. The van der Waals surface area contributed by atoms with Gasteiger partial charge in [0.1, 0.15) is 5.69 Å². The van der Waals surface area contributed by atoms with Crippen LogP contribution in [0.3, 0.4) is 0 Å². The molecule has 2 aromatic carbocycles. The minimum absolute atomic E-state index is 0.1000. The van der Waals surface area contributed by atoms with E-state index >= 15 is 0 Å². The maximum atomic E-state index is 14.1. The lowest BCUT2D eigenvalue weighted by molar-refractivity contribution is -0.143. The average Bonchev–Trinajstić information content (AvgIpc) is 3.12. The zero-order chi connectivity index (χ0) is 26.0. The van der Waals surface area contributed by atoms with Crippen LogP contribution in [0, 0.1) is 5.41 Å². The van der Waals surface area contributed by atoms with Crippen LogP contribution in [0.4, 0.5) is 18.0 Å². The largest absolute Gasteiger partial charge is 0.431 e. The van der Waals surface area contributed by atoms with E-state index in [1.165, 1.54) is 11.9 Å². The number of hydrogen-bond acceptors (Lipinski definition) is 3. The molecule has 0 fully saturated rings. The lowest BCUT2D eigenvalue weighted by atomic mass is 9.86. The van der Waals surface area contributed by atoms with E-state index in [1.54, 1.807) is 54.6 Å². The third kappa shape index (κ3) is 6.18. The van der Waals surface area contributed by atoms with Gasteiger partial charge in [0.05, 0.1) is 19.2 Å². The van der Waals surface area contributed by atoms with Gasteiger partial charge in [0.2, 0.25) is 5.88 Å². The third-order valence-corrected chi connectivity index (χ3v) is 6.04. The summed E-state index contributed by atoms with van der Waals surface area (Å²) in [4.78, 5) is 14.3. The van der Waals surface area contributed by atoms with Crippen molar-refractivity contribution in [3.63, 3.8) is 0 Å². The molecule has 1 amide bonds. The van der Waals surface area contributed by atoms with Gasteiger partial charge in [-0.05, 0) is 34.7 Å². The molecular weight excluding hydrogens is 481 g/mol. The second kappa shape index (κ2) is 10.3. The molecule has 3 rings (SSSR count). The molecule has 1 unspecified atom stereocenters. The molecule has 35 heavy (non-hydrogen) atoms. The number of hydrogen-bond donors (Lipinski definition) is 1. The molecule has 0 radical (unpaired) electrons. The first-order valence-electron chi connectivity index (χ1n) is 11.0. The van der Waals surface area contributed by atoms with Crippen LogP contribution in [0.15, 0.2) is 60.7 Å². The number of nitrogens with zero attached hydrogens (tertiary/aromatic N) is 2. The summed E-state index contributed by atoms with van der Waals surface area (Å²) in [5.74, 6) is -0.244. The monoisotopic (exact) mass is 508 g/mol. The van der Waals surface area contributed by atoms with Crippen LogP contribution in [0.25, 0.3) is 11.1 Å². The van der Waals surface area contributed by atoms with Crippen molar-refractivity contribution >= 4 is 17.7 Å².